The molecule has 2 N–H and O–H groups in total. The fraction of sp³-hybridized carbons (Fsp3) is 0.850. The molecule has 0 radical (unpaired) electrons. The second-order valence-electron chi connectivity index (χ2n) is 7.64. The molecule has 0 aliphatic heterocycles. The molecule has 0 aliphatic rings. The zero-order chi connectivity index (χ0) is 21.2. The monoisotopic (exact) mass is 388 g/mol. The Morgan fingerprint density at radius 3 is 2.15 bits per heavy atom. The van der Waals surface area contributed by atoms with E-state index in [-0.39, 0.29) is 18.3 Å². The maximum absolute atomic E-state index is 12.6. The molecule has 0 bridgehead atoms. The Morgan fingerprint density at radius 1 is 1.07 bits per heavy atom. The Morgan fingerprint density at radius 2 is 1.67 bits per heavy atom. The van der Waals surface area contributed by atoms with Crippen molar-refractivity contribution < 1.29 is 34.1 Å². The van der Waals surface area contributed by atoms with Crippen LogP contribution < -0.4 is 0 Å². The first-order chi connectivity index (χ1) is 12.5. The van der Waals surface area contributed by atoms with E-state index in [9.17, 15) is 19.5 Å². The van der Waals surface area contributed by atoms with E-state index in [0.29, 0.717) is 19.3 Å². The van der Waals surface area contributed by atoms with Crippen LogP contribution in [0.4, 0.5) is 0 Å². The maximum Gasteiger partial charge on any atom is 0.308 e. The molecule has 7 nitrogen and oxygen atoms in total. The number of ketones is 1. The number of carbonyl (C=O) groups excluding carboxylic acids is 3. The van der Waals surface area contributed by atoms with Crippen molar-refractivity contribution >= 4 is 17.7 Å². The van der Waals surface area contributed by atoms with Gasteiger partial charge >= 0.3 is 11.9 Å². The van der Waals surface area contributed by atoms with Crippen LogP contribution in [0.5, 0.6) is 0 Å². The molecule has 0 aliphatic carbocycles. The van der Waals surface area contributed by atoms with Gasteiger partial charge in [0, 0.05) is 19.4 Å². The van der Waals surface area contributed by atoms with E-state index in [4.69, 9.17) is 14.6 Å². The van der Waals surface area contributed by atoms with Crippen molar-refractivity contribution in [2.24, 2.45) is 17.8 Å². The molecule has 0 saturated heterocycles. The highest BCUT2D eigenvalue weighted by Gasteiger charge is 2.43. The Hall–Kier alpha value is -1.47. The van der Waals surface area contributed by atoms with E-state index in [1.165, 1.54) is 13.8 Å². The SMILES string of the molecule is CCC[C@@H](C)C(=O)C(C)C(OC(C)=O)[C@](C)(O)COC(=O)C(C)CCCO. The van der Waals surface area contributed by atoms with Gasteiger partial charge in [0.2, 0.25) is 0 Å². The molecule has 0 saturated carbocycles. The maximum atomic E-state index is 12.6. The highest BCUT2D eigenvalue weighted by atomic mass is 16.6. The smallest absolute Gasteiger partial charge is 0.308 e. The third kappa shape index (κ3) is 8.84. The minimum Gasteiger partial charge on any atom is -0.462 e. The van der Waals surface area contributed by atoms with Crippen molar-refractivity contribution in [3.8, 4) is 0 Å². The summed E-state index contributed by atoms with van der Waals surface area (Å²) in [6.45, 7) is 9.26. The summed E-state index contributed by atoms with van der Waals surface area (Å²) in [5, 5.41) is 19.7. The van der Waals surface area contributed by atoms with Crippen LogP contribution >= 0.6 is 0 Å². The van der Waals surface area contributed by atoms with Crippen molar-refractivity contribution in [1.29, 1.82) is 0 Å². The molecule has 0 aromatic rings. The van der Waals surface area contributed by atoms with E-state index in [2.05, 4.69) is 0 Å². The zero-order valence-electron chi connectivity index (χ0n) is 17.5. The summed E-state index contributed by atoms with van der Waals surface area (Å²) < 4.78 is 10.4. The van der Waals surface area contributed by atoms with Gasteiger partial charge in [0.1, 0.15) is 24.1 Å². The Bertz CT molecular complexity index is 487. The van der Waals surface area contributed by atoms with Crippen molar-refractivity contribution in [3.63, 3.8) is 0 Å². The number of hydrogen-bond acceptors (Lipinski definition) is 7. The largest absolute Gasteiger partial charge is 0.462 e. The summed E-state index contributed by atoms with van der Waals surface area (Å²) >= 11 is 0. The lowest BCUT2D eigenvalue weighted by molar-refractivity contribution is -0.183. The fourth-order valence-corrected chi connectivity index (χ4v) is 3.08. The first kappa shape index (κ1) is 25.5. The van der Waals surface area contributed by atoms with Crippen LogP contribution in [0.25, 0.3) is 0 Å². The lowest BCUT2D eigenvalue weighted by Gasteiger charge is -2.36. The first-order valence-corrected chi connectivity index (χ1v) is 9.68. The number of esters is 2. The number of ether oxygens (including phenoxy) is 2. The number of aliphatic hydroxyl groups excluding tert-OH is 1. The van der Waals surface area contributed by atoms with Crippen LogP contribution in [0.3, 0.4) is 0 Å². The quantitative estimate of drug-likeness (QED) is 0.466. The van der Waals surface area contributed by atoms with Gasteiger partial charge in [-0.15, -0.1) is 0 Å². The molecule has 3 unspecified atom stereocenters. The summed E-state index contributed by atoms with van der Waals surface area (Å²) in [7, 11) is 0. The second kappa shape index (κ2) is 12.1. The average molecular weight is 389 g/mol. The molecule has 0 fully saturated rings. The summed E-state index contributed by atoms with van der Waals surface area (Å²) in [5.74, 6) is -2.63. The van der Waals surface area contributed by atoms with E-state index in [1.807, 2.05) is 13.8 Å². The lowest BCUT2D eigenvalue weighted by atomic mass is 9.82. The molecule has 0 heterocycles. The van der Waals surface area contributed by atoms with Gasteiger partial charge in [-0.1, -0.05) is 34.1 Å². The van der Waals surface area contributed by atoms with Crippen molar-refractivity contribution in [3.05, 3.63) is 0 Å². The third-order valence-corrected chi connectivity index (χ3v) is 4.72. The Balaban J connectivity index is 5.15. The molecule has 7 heteroatoms. The van der Waals surface area contributed by atoms with Gasteiger partial charge in [-0.3, -0.25) is 14.4 Å². The van der Waals surface area contributed by atoms with E-state index < -0.39 is 42.1 Å². The molecule has 27 heavy (non-hydrogen) atoms. The van der Waals surface area contributed by atoms with Gasteiger partial charge < -0.3 is 19.7 Å². The lowest BCUT2D eigenvalue weighted by Crippen LogP contribution is -2.52. The predicted molar refractivity (Wildman–Crippen MR) is 101 cm³/mol. The third-order valence-electron chi connectivity index (χ3n) is 4.72. The summed E-state index contributed by atoms with van der Waals surface area (Å²) in [5.41, 5.74) is -1.71. The number of rotatable bonds is 13. The summed E-state index contributed by atoms with van der Waals surface area (Å²) in [6.07, 6.45) is 1.37. The zero-order valence-corrected chi connectivity index (χ0v) is 17.5. The minimum atomic E-state index is -1.71. The summed E-state index contributed by atoms with van der Waals surface area (Å²) in [4.78, 5) is 36.2. The highest BCUT2D eigenvalue weighted by molar-refractivity contribution is 5.84. The topological polar surface area (TPSA) is 110 Å². The molecule has 0 amide bonds. The van der Waals surface area contributed by atoms with Gasteiger partial charge in [0.05, 0.1) is 11.8 Å². The first-order valence-electron chi connectivity index (χ1n) is 9.68. The van der Waals surface area contributed by atoms with Gasteiger partial charge in [0.25, 0.3) is 0 Å². The molecular weight excluding hydrogens is 352 g/mol. The van der Waals surface area contributed by atoms with Crippen LogP contribution in [0.15, 0.2) is 0 Å². The predicted octanol–water partition coefficient (Wildman–Crippen LogP) is 2.26. The normalized spacial score (nSPS) is 17.9. The Kier molecular flexibility index (Phi) is 11.4. The van der Waals surface area contributed by atoms with Gasteiger partial charge in [-0.25, -0.2) is 0 Å². The van der Waals surface area contributed by atoms with Crippen LogP contribution in [-0.2, 0) is 23.9 Å². The van der Waals surface area contributed by atoms with Crippen LogP contribution in [0, 0.1) is 17.8 Å². The number of aliphatic hydroxyl groups is 2. The number of hydrogen-bond donors (Lipinski definition) is 2. The molecule has 158 valence electrons. The molecule has 0 spiro atoms. The van der Waals surface area contributed by atoms with E-state index in [0.717, 1.165) is 6.42 Å². The fourth-order valence-electron chi connectivity index (χ4n) is 3.08. The van der Waals surface area contributed by atoms with Gasteiger partial charge in [0.15, 0.2) is 0 Å². The molecule has 0 rings (SSSR count). The van der Waals surface area contributed by atoms with Crippen molar-refractivity contribution in [1.82, 2.24) is 0 Å². The number of Topliss-reactive ketones (excluding diaryl/α,β-unsaturated/α-hetero) is 1. The van der Waals surface area contributed by atoms with E-state index >= 15 is 0 Å². The van der Waals surface area contributed by atoms with Gasteiger partial charge in [-0.05, 0) is 26.2 Å². The van der Waals surface area contributed by atoms with Crippen molar-refractivity contribution in [2.75, 3.05) is 13.2 Å². The molecule has 0 aromatic heterocycles. The average Bonchev–Trinajstić information content (AvgIpc) is 2.60. The second-order valence-corrected chi connectivity index (χ2v) is 7.64. The molecular formula is C20H36O7. The Labute approximate surface area is 162 Å². The van der Waals surface area contributed by atoms with Gasteiger partial charge in [-0.2, -0.15) is 0 Å². The standard InChI is InChI=1S/C20H36O7/c1-7-9-13(2)17(23)15(4)18(27-16(5)22)20(6,25)12-26-19(24)14(3)10-8-11-21/h13-15,18,21,25H,7-12H2,1-6H3/t13-,14?,15?,18?,20-/m1/s1. The van der Waals surface area contributed by atoms with Crippen molar-refractivity contribution in [2.45, 2.75) is 78.9 Å². The summed E-state index contributed by atoms with van der Waals surface area (Å²) in [6, 6.07) is 0. The minimum absolute atomic E-state index is 0.0145. The number of carbonyl (C=O) groups is 3. The molecule has 0 aromatic carbocycles. The highest BCUT2D eigenvalue weighted by Crippen LogP contribution is 2.26. The van der Waals surface area contributed by atoms with E-state index in [1.54, 1.807) is 13.8 Å². The van der Waals surface area contributed by atoms with Crippen LogP contribution in [-0.4, -0.2) is 52.9 Å². The van der Waals surface area contributed by atoms with Crippen LogP contribution in [0.2, 0.25) is 0 Å². The molecule has 5 atom stereocenters. The van der Waals surface area contributed by atoms with Crippen LogP contribution in [0.1, 0.15) is 67.2 Å².